The Hall–Kier alpha value is -1.35. The number of hydrogen-bond donors (Lipinski definition) is 0. The molecule has 0 bridgehead atoms. The van der Waals surface area contributed by atoms with Crippen molar-refractivity contribution in [2.45, 2.75) is 18.3 Å². The third kappa shape index (κ3) is 5.07. The molecule has 1 heterocycles. The molecule has 1 fully saturated rings. The highest BCUT2D eigenvalue weighted by Crippen LogP contribution is 2.24. The predicted molar refractivity (Wildman–Crippen MR) is 97.8 cm³/mol. The summed E-state index contributed by atoms with van der Waals surface area (Å²) in [7, 11) is 0. The maximum Gasteiger partial charge on any atom is 0.0597 e. The van der Waals surface area contributed by atoms with E-state index in [-0.39, 0.29) is 5.38 Å². The van der Waals surface area contributed by atoms with Gasteiger partial charge in [0.05, 0.1) is 5.38 Å². The van der Waals surface area contributed by atoms with Gasteiger partial charge in [0, 0.05) is 32.7 Å². The Morgan fingerprint density at radius 1 is 0.783 bits per heavy atom. The fraction of sp³-hybridized carbons (Fsp3) is 0.400. The van der Waals surface area contributed by atoms with Crippen LogP contribution in [-0.4, -0.2) is 42.5 Å². The first-order chi connectivity index (χ1) is 11.3. The quantitative estimate of drug-likeness (QED) is 0.734. The molecule has 2 nitrogen and oxygen atoms in total. The van der Waals surface area contributed by atoms with Gasteiger partial charge < -0.3 is 4.90 Å². The fourth-order valence-corrected chi connectivity index (χ4v) is 3.38. The molecule has 1 aliphatic heterocycles. The van der Waals surface area contributed by atoms with Gasteiger partial charge in [0.15, 0.2) is 0 Å². The van der Waals surface area contributed by atoms with E-state index in [1.807, 2.05) is 6.07 Å². The van der Waals surface area contributed by atoms with E-state index in [4.69, 9.17) is 11.6 Å². The summed E-state index contributed by atoms with van der Waals surface area (Å²) in [4.78, 5) is 5.08. The molecule has 0 aromatic heterocycles. The molecule has 0 N–H and O–H groups in total. The number of rotatable bonds is 6. The minimum Gasteiger partial charge on any atom is -0.301 e. The van der Waals surface area contributed by atoms with E-state index in [1.165, 1.54) is 11.1 Å². The van der Waals surface area contributed by atoms with Crippen LogP contribution in [0.5, 0.6) is 0 Å². The van der Waals surface area contributed by atoms with Crippen molar-refractivity contribution in [3.05, 3.63) is 71.8 Å². The summed E-state index contributed by atoms with van der Waals surface area (Å²) >= 11 is 6.52. The summed E-state index contributed by atoms with van der Waals surface area (Å²) in [6.45, 7) is 6.73. The van der Waals surface area contributed by atoms with E-state index in [0.29, 0.717) is 0 Å². The normalized spacial score (nSPS) is 18.0. The van der Waals surface area contributed by atoms with Gasteiger partial charge in [0.1, 0.15) is 0 Å². The number of hydrogen-bond acceptors (Lipinski definition) is 2. The fourth-order valence-electron chi connectivity index (χ4n) is 3.14. The molecular formula is C20H25ClN2. The Morgan fingerprint density at radius 3 is 2.00 bits per heavy atom. The molecule has 0 amide bonds. The number of halogens is 1. The zero-order chi connectivity index (χ0) is 15.9. The minimum atomic E-state index is 0.124. The van der Waals surface area contributed by atoms with Gasteiger partial charge in [-0.25, -0.2) is 0 Å². The Bertz CT molecular complexity index is 565. The molecule has 1 saturated heterocycles. The van der Waals surface area contributed by atoms with E-state index in [2.05, 4.69) is 64.4 Å². The zero-order valence-corrected chi connectivity index (χ0v) is 14.3. The smallest absolute Gasteiger partial charge is 0.0597 e. The summed E-state index contributed by atoms with van der Waals surface area (Å²) in [5, 5.41) is 0.124. The first-order valence-electron chi connectivity index (χ1n) is 8.49. The van der Waals surface area contributed by atoms with Gasteiger partial charge in [-0.05, 0) is 24.1 Å². The molecular weight excluding hydrogens is 304 g/mol. The lowest BCUT2D eigenvalue weighted by atomic mass is 10.1. The predicted octanol–water partition coefficient (Wildman–Crippen LogP) is 4.17. The lowest BCUT2D eigenvalue weighted by Gasteiger charge is -2.35. The molecule has 0 saturated carbocycles. The van der Waals surface area contributed by atoms with Crippen molar-refractivity contribution >= 4 is 11.6 Å². The largest absolute Gasteiger partial charge is 0.301 e. The second-order valence-electron chi connectivity index (χ2n) is 6.27. The Morgan fingerprint density at radius 2 is 1.35 bits per heavy atom. The van der Waals surface area contributed by atoms with Crippen molar-refractivity contribution in [2.75, 3.05) is 32.7 Å². The molecule has 3 rings (SSSR count). The molecule has 1 atom stereocenters. The molecule has 1 aliphatic rings. The Kier molecular flexibility index (Phi) is 6.09. The highest BCUT2D eigenvalue weighted by molar-refractivity contribution is 6.20. The van der Waals surface area contributed by atoms with Crippen LogP contribution in [0.15, 0.2) is 60.7 Å². The first kappa shape index (κ1) is 16.5. The van der Waals surface area contributed by atoms with Gasteiger partial charge in [-0.15, -0.1) is 11.6 Å². The molecule has 2 aromatic rings. The van der Waals surface area contributed by atoms with Crippen LogP contribution in [0.2, 0.25) is 0 Å². The van der Waals surface area contributed by atoms with Gasteiger partial charge in [-0.2, -0.15) is 0 Å². The molecule has 3 heteroatoms. The van der Waals surface area contributed by atoms with Crippen molar-refractivity contribution in [1.82, 2.24) is 9.80 Å². The summed E-state index contributed by atoms with van der Waals surface area (Å²) in [6.07, 6.45) is 1.02. The molecule has 0 radical (unpaired) electrons. The monoisotopic (exact) mass is 328 g/mol. The van der Waals surface area contributed by atoms with Crippen molar-refractivity contribution in [3.63, 3.8) is 0 Å². The Labute approximate surface area is 144 Å². The van der Waals surface area contributed by atoms with Crippen LogP contribution >= 0.6 is 11.6 Å². The maximum absolute atomic E-state index is 6.52. The highest BCUT2D eigenvalue weighted by Gasteiger charge is 2.18. The first-order valence-corrected chi connectivity index (χ1v) is 8.92. The van der Waals surface area contributed by atoms with E-state index in [1.54, 1.807) is 0 Å². The van der Waals surface area contributed by atoms with Crippen molar-refractivity contribution in [3.8, 4) is 0 Å². The number of alkyl halides is 1. The highest BCUT2D eigenvalue weighted by atomic mass is 35.5. The van der Waals surface area contributed by atoms with Gasteiger partial charge >= 0.3 is 0 Å². The van der Waals surface area contributed by atoms with Crippen molar-refractivity contribution < 1.29 is 0 Å². The number of piperazine rings is 1. The van der Waals surface area contributed by atoms with E-state index < -0.39 is 0 Å². The van der Waals surface area contributed by atoms with E-state index in [0.717, 1.165) is 45.7 Å². The van der Waals surface area contributed by atoms with Crippen LogP contribution in [0, 0.1) is 0 Å². The maximum atomic E-state index is 6.52. The molecule has 122 valence electrons. The lowest BCUT2D eigenvalue weighted by Crippen LogP contribution is -2.46. The topological polar surface area (TPSA) is 6.48 Å². The number of benzene rings is 2. The summed E-state index contributed by atoms with van der Waals surface area (Å²) in [5.74, 6) is 0. The van der Waals surface area contributed by atoms with Gasteiger partial charge in [-0.3, -0.25) is 4.90 Å². The average Bonchev–Trinajstić information content (AvgIpc) is 2.62. The van der Waals surface area contributed by atoms with Crippen LogP contribution in [-0.2, 0) is 6.54 Å². The van der Waals surface area contributed by atoms with Crippen LogP contribution in [0.25, 0.3) is 0 Å². The van der Waals surface area contributed by atoms with Gasteiger partial charge in [0.25, 0.3) is 0 Å². The molecule has 0 unspecified atom stereocenters. The van der Waals surface area contributed by atoms with Crippen LogP contribution in [0.4, 0.5) is 0 Å². The zero-order valence-electron chi connectivity index (χ0n) is 13.6. The van der Waals surface area contributed by atoms with Crippen LogP contribution in [0.1, 0.15) is 22.9 Å². The standard InChI is InChI=1S/C20H25ClN2/c21-20(19-9-5-2-6-10-19)11-12-22-13-15-23(16-14-22)17-18-7-3-1-4-8-18/h1-10,20H,11-17H2/t20-/m0/s1. The summed E-state index contributed by atoms with van der Waals surface area (Å²) in [5.41, 5.74) is 2.64. The van der Waals surface area contributed by atoms with Crippen LogP contribution < -0.4 is 0 Å². The van der Waals surface area contributed by atoms with E-state index in [9.17, 15) is 0 Å². The molecule has 0 aliphatic carbocycles. The average molecular weight is 329 g/mol. The van der Waals surface area contributed by atoms with Crippen LogP contribution in [0.3, 0.4) is 0 Å². The lowest BCUT2D eigenvalue weighted by molar-refractivity contribution is 0.126. The molecule has 23 heavy (non-hydrogen) atoms. The van der Waals surface area contributed by atoms with Crippen molar-refractivity contribution in [2.24, 2.45) is 0 Å². The summed E-state index contributed by atoms with van der Waals surface area (Å²) < 4.78 is 0. The number of nitrogens with zero attached hydrogens (tertiary/aromatic N) is 2. The third-order valence-electron chi connectivity index (χ3n) is 4.57. The molecule has 2 aromatic carbocycles. The third-order valence-corrected chi connectivity index (χ3v) is 5.04. The van der Waals surface area contributed by atoms with Gasteiger partial charge in [0.2, 0.25) is 0 Å². The second kappa shape index (κ2) is 8.49. The second-order valence-corrected chi connectivity index (χ2v) is 6.80. The Balaban J connectivity index is 1.39. The SMILES string of the molecule is Cl[C@@H](CCN1CCN(Cc2ccccc2)CC1)c1ccccc1. The molecule has 0 spiro atoms. The minimum absolute atomic E-state index is 0.124. The van der Waals surface area contributed by atoms with E-state index >= 15 is 0 Å². The van der Waals surface area contributed by atoms with Crippen molar-refractivity contribution in [1.29, 1.82) is 0 Å². The van der Waals surface area contributed by atoms with Gasteiger partial charge in [-0.1, -0.05) is 60.7 Å². The summed E-state index contributed by atoms with van der Waals surface area (Å²) in [6, 6.07) is 21.2.